The molecule has 1 atom stereocenters. The maximum atomic E-state index is 11.1. The first-order valence-corrected chi connectivity index (χ1v) is 10.2. The predicted octanol–water partition coefficient (Wildman–Crippen LogP) is 4.01. The fourth-order valence-electron chi connectivity index (χ4n) is 2.18. The highest BCUT2D eigenvalue weighted by molar-refractivity contribution is 5.79. The minimum absolute atomic E-state index is 0.0372. The zero-order valence-corrected chi connectivity index (χ0v) is 19.3. The van der Waals surface area contributed by atoms with Gasteiger partial charge in [0.05, 0.1) is 19.3 Å². The molecule has 1 rings (SSSR count). The summed E-state index contributed by atoms with van der Waals surface area (Å²) in [6.07, 6.45) is 1.97. The van der Waals surface area contributed by atoms with Crippen LogP contribution in [0, 0.1) is 0 Å². The first-order chi connectivity index (χ1) is 14.1. The van der Waals surface area contributed by atoms with Crippen LogP contribution in [0.15, 0.2) is 35.5 Å². The molecule has 0 aliphatic carbocycles. The number of oxime groups is 1. The molecule has 0 bridgehead atoms. The number of amides is 1. The van der Waals surface area contributed by atoms with Gasteiger partial charge in [-0.25, -0.2) is 4.79 Å². The molecule has 1 aromatic rings. The quantitative estimate of drug-likeness (QED) is 0.254. The largest absolute Gasteiger partial charge is 0.444 e. The molecule has 1 amide bonds. The van der Waals surface area contributed by atoms with Crippen LogP contribution in [-0.2, 0) is 20.8 Å². The Balaban J connectivity index is 0.000000654. The van der Waals surface area contributed by atoms with E-state index in [0.717, 1.165) is 18.4 Å². The van der Waals surface area contributed by atoms with Crippen molar-refractivity contribution >= 4 is 11.9 Å². The van der Waals surface area contributed by atoms with Crippen LogP contribution in [0.25, 0.3) is 0 Å². The Morgan fingerprint density at radius 3 is 2.40 bits per heavy atom. The molecule has 0 aliphatic heterocycles. The minimum atomic E-state index is -0.388. The van der Waals surface area contributed by atoms with Gasteiger partial charge in [0.1, 0.15) is 11.4 Å². The van der Waals surface area contributed by atoms with E-state index >= 15 is 0 Å². The van der Waals surface area contributed by atoms with E-state index in [1.807, 2.05) is 58.0 Å². The van der Waals surface area contributed by atoms with E-state index in [0.29, 0.717) is 26.2 Å². The number of ether oxygens (including phenoxy) is 3. The number of hydrogen-bond acceptors (Lipinski definition) is 6. The van der Waals surface area contributed by atoms with Gasteiger partial charge in [0.25, 0.3) is 0 Å². The summed E-state index contributed by atoms with van der Waals surface area (Å²) < 4.78 is 16.0. The third-order valence-corrected chi connectivity index (χ3v) is 4.02. The highest BCUT2D eigenvalue weighted by Gasteiger charge is 2.18. The van der Waals surface area contributed by atoms with E-state index in [1.165, 1.54) is 4.90 Å². The molecule has 1 aromatic carbocycles. The molecule has 0 fully saturated rings. The molecular formula is C22H39N3O5. The summed E-state index contributed by atoms with van der Waals surface area (Å²) in [6.45, 7) is 9.28. The van der Waals surface area contributed by atoms with Crippen molar-refractivity contribution in [2.45, 2.75) is 65.3 Å². The average molecular weight is 426 g/mol. The molecule has 0 aromatic heterocycles. The fraction of sp³-hybridized carbons (Fsp3) is 0.636. The number of methoxy groups -OCH3 is 1. The number of carbonyl (C=O) groups excluding carboxylic acids is 1. The summed E-state index contributed by atoms with van der Waals surface area (Å²) in [5, 5.41) is 11.4. The monoisotopic (exact) mass is 425 g/mol. The lowest BCUT2D eigenvalue weighted by molar-refractivity contribution is -0.00251. The van der Waals surface area contributed by atoms with Gasteiger partial charge in [-0.3, -0.25) is 0 Å². The Morgan fingerprint density at radius 1 is 1.27 bits per heavy atom. The first-order valence-electron chi connectivity index (χ1n) is 10.2. The van der Waals surface area contributed by atoms with E-state index < -0.39 is 0 Å². The predicted molar refractivity (Wildman–Crippen MR) is 119 cm³/mol. The van der Waals surface area contributed by atoms with E-state index in [2.05, 4.69) is 5.16 Å². The summed E-state index contributed by atoms with van der Waals surface area (Å²) in [5.74, 6) is 0.250. The van der Waals surface area contributed by atoms with Crippen LogP contribution >= 0.6 is 0 Å². The summed E-state index contributed by atoms with van der Waals surface area (Å²) >= 11 is 0. The number of hydrogen-bond donors (Lipinski definition) is 2. The van der Waals surface area contributed by atoms with Gasteiger partial charge < -0.3 is 30.1 Å². The van der Waals surface area contributed by atoms with Crippen LogP contribution in [0.5, 0.6) is 0 Å². The molecule has 0 unspecified atom stereocenters. The lowest BCUT2D eigenvalue weighted by atomic mass is 10.1. The van der Waals surface area contributed by atoms with Crippen LogP contribution in [0.4, 0.5) is 4.79 Å². The van der Waals surface area contributed by atoms with Crippen molar-refractivity contribution in [3.8, 4) is 0 Å². The van der Waals surface area contributed by atoms with Crippen molar-refractivity contribution in [1.82, 2.24) is 4.90 Å². The smallest absolute Gasteiger partial charge is 0.410 e. The van der Waals surface area contributed by atoms with Crippen molar-refractivity contribution < 1.29 is 24.2 Å². The molecule has 0 saturated carbocycles. The second-order valence-electron chi connectivity index (χ2n) is 7.84. The highest BCUT2D eigenvalue weighted by Crippen LogP contribution is 2.09. The van der Waals surface area contributed by atoms with Crippen molar-refractivity contribution in [3.05, 3.63) is 35.9 Å². The fourth-order valence-corrected chi connectivity index (χ4v) is 2.18. The second-order valence-corrected chi connectivity index (χ2v) is 7.84. The maximum Gasteiger partial charge on any atom is 0.410 e. The summed E-state index contributed by atoms with van der Waals surface area (Å²) in [7, 11) is 3.38. The van der Waals surface area contributed by atoms with Gasteiger partial charge in [0.2, 0.25) is 0 Å². The number of rotatable bonds is 10. The molecular weight excluding hydrogens is 386 g/mol. The third kappa shape index (κ3) is 14.6. The lowest BCUT2D eigenvalue weighted by Crippen LogP contribution is -2.33. The maximum absolute atomic E-state index is 11.1. The molecule has 3 N–H and O–H groups in total. The van der Waals surface area contributed by atoms with E-state index in [-0.39, 0.29) is 23.6 Å². The third-order valence-electron chi connectivity index (χ3n) is 4.02. The van der Waals surface area contributed by atoms with Gasteiger partial charge in [-0.05, 0) is 46.1 Å². The number of benzene rings is 1. The van der Waals surface area contributed by atoms with Crippen molar-refractivity contribution in [3.63, 3.8) is 0 Å². The summed E-state index contributed by atoms with van der Waals surface area (Å²) in [4.78, 5) is 12.6. The highest BCUT2D eigenvalue weighted by atomic mass is 16.6. The van der Waals surface area contributed by atoms with Crippen LogP contribution in [0.3, 0.4) is 0 Å². The molecule has 0 radical (unpaired) electrons. The number of nitrogens with zero attached hydrogens (tertiary/aromatic N) is 2. The Kier molecular flexibility index (Phi) is 14.3. The normalized spacial score (nSPS) is 12.5. The number of carbonyl (C=O) groups is 1. The van der Waals surface area contributed by atoms with Crippen LogP contribution in [0.2, 0.25) is 0 Å². The van der Waals surface area contributed by atoms with Crippen molar-refractivity contribution in [1.29, 1.82) is 0 Å². The van der Waals surface area contributed by atoms with Gasteiger partial charge in [0, 0.05) is 27.1 Å². The van der Waals surface area contributed by atoms with Crippen molar-refractivity contribution in [2.24, 2.45) is 10.9 Å². The molecule has 0 saturated heterocycles. The molecule has 0 spiro atoms. The zero-order valence-electron chi connectivity index (χ0n) is 19.3. The number of nitrogens with two attached hydrogens (primary N) is 1. The topological polar surface area (TPSA) is 107 Å². The van der Waals surface area contributed by atoms with Gasteiger partial charge in [-0.2, -0.15) is 0 Å². The Hall–Kier alpha value is -2.32. The van der Waals surface area contributed by atoms with Gasteiger partial charge in [-0.1, -0.05) is 35.5 Å². The van der Waals surface area contributed by atoms with Gasteiger partial charge in [0.15, 0.2) is 0 Å². The SMILES string of the molecule is CCN(C)C(=O)OC(C)(C)C.CO[C@@H](CCC/C(N)=N/O)COCc1ccccc1. The van der Waals surface area contributed by atoms with E-state index in [1.54, 1.807) is 14.2 Å². The summed E-state index contributed by atoms with van der Waals surface area (Å²) in [6, 6.07) is 10.0. The van der Waals surface area contributed by atoms with Gasteiger partial charge in [-0.15, -0.1) is 0 Å². The average Bonchev–Trinajstić information content (AvgIpc) is 2.71. The molecule has 8 nitrogen and oxygen atoms in total. The van der Waals surface area contributed by atoms with E-state index in [4.69, 9.17) is 25.2 Å². The minimum Gasteiger partial charge on any atom is -0.444 e. The summed E-state index contributed by atoms with van der Waals surface area (Å²) in [5.41, 5.74) is 6.16. The Bertz CT molecular complexity index is 603. The molecule has 0 heterocycles. The molecule has 8 heteroatoms. The molecule has 30 heavy (non-hydrogen) atoms. The molecule has 172 valence electrons. The van der Waals surface area contributed by atoms with Gasteiger partial charge >= 0.3 is 6.09 Å². The Labute approximate surface area is 181 Å². The standard InChI is InChI=1S/C14H22N2O3.C8H17NO2/c1-18-13(8-5-9-14(15)16-17)11-19-10-12-6-3-2-4-7-12;1-6-9(5)7(10)11-8(2,3)4/h2-4,6-7,13,17H,5,8-11H2,1H3,(H2,15,16);6H2,1-5H3/t13-;/m0./s1. The second kappa shape index (κ2) is 15.5. The van der Waals surface area contributed by atoms with E-state index in [9.17, 15) is 4.79 Å². The zero-order chi connectivity index (χ0) is 23.0. The van der Waals surface area contributed by atoms with Crippen LogP contribution < -0.4 is 5.73 Å². The molecule has 0 aliphatic rings. The van der Waals surface area contributed by atoms with Crippen LogP contribution in [0.1, 0.15) is 52.5 Å². The lowest BCUT2D eigenvalue weighted by Gasteiger charge is -2.23. The number of amidine groups is 1. The first kappa shape index (κ1) is 27.7. The Morgan fingerprint density at radius 2 is 1.90 bits per heavy atom. The van der Waals surface area contributed by atoms with Crippen molar-refractivity contribution in [2.75, 3.05) is 27.3 Å². The van der Waals surface area contributed by atoms with Crippen LogP contribution in [-0.4, -0.2) is 61.1 Å².